The van der Waals surface area contributed by atoms with Gasteiger partial charge in [0.25, 0.3) is 5.24 Å². The Morgan fingerprint density at radius 1 is 0.308 bits per heavy atom. The van der Waals surface area contributed by atoms with Crippen LogP contribution in [0.15, 0.2) is 305 Å². The first-order chi connectivity index (χ1) is 58.3. The van der Waals surface area contributed by atoms with E-state index in [1.165, 1.54) is 60.7 Å². The standard InChI is InChI=1S/C56H44O12.C30H20O4.C13H13ClO4/c1-3-52(57)64-36-8-34-62-47-28-24-45(25-29-47)54(59)67-49-32-33-51(68-55(60)46-26-30-48(31-27-46)63-35-9-37-65-53(58)4-2)50(38-49)56(61)66-39-44-22-20-43(21-23-44)19-18-42-16-14-41(15-17-42)13-12-40-10-6-5-7-11-40;31-27-18-19-29(32)28(20-27)30(33)34-21-26-16-14-25(15-17-26)13-12-24-10-8-23(9-11-24)7-6-22-4-2-1-3-5-22;1-2-12(15)18-9-3-8-17-11-6-4-10(5-7-11)13(14)16/h3-7,10-11,14-17,20-33,38H,1-2,8-9,34-37,39H2;1-5,8-11,14-20,31-32H,21H2;2,4-7H,1,3,8-9H2. The van der Waals surface area contributed by atoms with Crippen LogP contribution >= 0.6 is 11.6 Å². The molecule has 0 saturated carbocycles. The van der Waals surface area contributed by atoms with Crippen LogP contribution in [0.1, 0.15) is 127 Å². The Kier molecular flexibility index (Phi) is 35.0. The first-order valence-electron chi connectivity index (χ1n) is 37.1. The highest BCUT2D eigenvalue weighted by Gasteiger charge is 2.22. The molecule has 0 aliphatic rings. The predicted octanol–water partition coefficient (Wildman–Crippen LogP) is 17.1. The van der Waals surface area contributed by atoms with E-state index in [2.05, 4.69) is 67.1 Å². The van der Waals surface area contributed by atoms with Gasteiger partial charge in [-0.1, -0.05) is 128 Å². The molecule has 0 saturated heterocycles. The van der Waals surface area contributed by atoms with Gasteiger partial charge in [0, 0.05) is 87.6 Å². The maximum Gasteiger partial charge on any atom is 0.343 e. The van der Waals surface area contributed by atoms with Crippen LogP contribution in [0.25, 0.3) is 0 Å². The summed E-state index contributed by atoms with van der Waals surface area (Å²) in [6.07, 6.45) is 4.74. The van der Waals surface area contributed by atoms with Crippen molar-refractivity contribution in [2.45, 2.75) is 32.5 Å². The van der Waals surface area contributed by atoms with E-state index in [4.69, 9.17) is 59.0 Å². The minimum atomic E-state index is -0.852. The normalized spacial score (nSPS) is 9.91. The van der Waals surface area contributed by atoms with Crippen molar-refractivity contribution < 1.29 is 95.9 Å². The summed E-state index contributed by atoms with van der Waals surface area (Å²) in [4.78, 5) is 96.3. The van der Waals surface area contributed by atoms with Crippen LogP contribution in [-0.4, -0.2) is 96.9 Å². The third-order valence-corrected chi connectivity index (χ3v) is 16.5. The van der Waals surface area contributed by atoms with Gasteiger partial charge in [-0.05, 0) is 229 Å². The lowest BCUT2D eigenvalue weighted by Gasteiger charge is -2.13. The first-order valence-corrected chi connectivity index (χ1v) is 37.5. The quantitative estimate of drug-likeness (QED) is 0.00644. The van der Waals surface area contributed by atoms with Crippen LogP contribution in [0.4, 0.5) is 0 Å². The van der Waals surface area contributed by atoms with Gasteiger partial charge in [-0.2, -0.15) is 0 Å². The van der Waals surface area contributed by atoms with Crippen LogP contribution in [0.2, 0.25) is 0 Å². The second kappa shape index (κ2) is 47.7. The SMILES string of the molecule is C=CC(=O)OCCCOc1ccc(C(=O)Cl)cc1.C=CC(=O)OCCCOc1ccc(C(=O)Oc2ccc(OC(=O)c3ccc(OCCCOC(=O)C=C)cc3)c(C(=O)OCc3ccc(C#Cc4ccc(C#Cc5ccccc5)cc4)cc3)c2)cc1.O=C(OCc1ccc(C#Cc2ccc(C#Cc3ccccc3)cc2)cc1)c1cc(O)ccc1O. The van der Waals surface area contributed by atoms with E-state index >= 15 is 0 Å². The third kappa shape index (κ3) is 30.8. The molecule has 0 radical (unpaired) electrons. The van der Waals surface area contributed by atoms with Crippen molar-refractivity contribution in [1.82, 2.24) is 0 Å². The average molecular weight is 1620 g/mol. The maximum absolute atomic E-state index is 13.7. The summed E-state index contributed by atoms with van der Waals surface area (Å²) in [5.74, 6) is 21.6. The van der Waals surface area contributed by atoms with E-state index < -0.39 is 47.0 Å². The lowest BCUT2D eigenvalue weighted by Crippen LogP contribution is -2.14. The lowest BCUT2D eigenvalue weighted by molar-refractivity contribution is -0.138. The largest absolute Gasteiger partial charge is 0.508 e. The van der Waals surface area contributed by atoms with Gasteiger partial charge in [-0.25, -0.2) is 33.6 Å². The van der Waals surface area contributed by atoms with Gasteiger partial charge in [0.05, 0.1) is 50.8 Å². The van der Waals surface area contributed by atoms with E-state index in [1.807, 2.05) is 146 Å². The Labute approximate surface area is 698 Å². The van der Waals surface area contributed by atoms with Crippen molar-refractivity contribution in [2.75, 3.05) is 39.6 Å². The number of halogens is 1. The Balaban J connectivity index is 0.000000257. The summed E-state index contributed by atoms with van der Waals surface area (Å²) in [5, 5.41) is 18.7. The smallest absolute Gasteiger partial charge is 0.343 e. The molecule has 120 heavy (non-hydrogen) atoms. The number of ether oxygens (including phenoxy) is 10. The first kappa shape index (κ1) is 88.1. The average Bonchev–Trinajstić information content (AvgIpc) is 0.816. The van der Waals surface area contributed by atoms with Crippen LogP contribution < -0.4 is 23.7 Å². The summed E-state index contributed by atoms with van der Waals surface area (Å²) in [6.45, 7) is 11.4. The lowest BCUT2D eigenvalue weighted by atomic mass is 10.1. The van der Waals surface area contributed by atoms with Crippen LogP contribution in [-0.2, 0) is 51.3 Å². The highest BCUT2D eigenvalue weighted by atomic mass is 35.5. The zero-order chi connectivity index (χ0) is 85.1. The number of carbonyl (C=O) groups excluding carboxylic acids is 8. The van der Waals surface area contributed by atoms with E-state index in [0.29, 0.717) is 54.2 Å². The maximum atomic E-state index is 13.7. The molecule has 0 aliphatic carbocycles. The monoisotopic (exact) mass is 1620 g/mol. The van der Waals surface area contributed by atoms with Crippen molar-refractivity contribution >= 4 is 58.6 Å². The summed E-state index contributed by atoms with van der Waals surface area (Å²) < 4.78 is 53.5. The van der Waals surface area contributed by atoms with Crippen molar-refractivity contribution in [1.29, 1.82) is 0 Å². The molecular formula is C99H77ClO20. The van der Waals surface area contributed by atoms with Crippen LogP contribution in [0.5, 0.6) is 40.2 Å². The van der Waals surface area contributed by atoms with Gasteiger partial charge in [-0.3, -0.25) is 4.79 Å². The number of benzene rings is 11. The molecule has 0 spiro atoms. The predicted molar refractivity (Wildman–Crippen MR) is 450 cm³/mol. The number of hydrogen-bond acceptors (Lipinski definition) is 20. The van der Waals surface area contributed by atoms with Crippen molar-refractivity contribution in [3.63, 3.8) is 0 Å². The van der Waals surface area contributed by atoms with E-state index in [1.54, 1.807) is 60.7 Å². The molecule has 11 aromatic rings. The van der Waals surface area contributed by atoms with E-state index in [0.717, 1.165) is 68.3 Å². The number of esters is 7. The van der Waals surface area contributed by atoms with Crippen molar-refractivity contribution in [2.24, 2.45) is 0 Å². The summed E-state index contributed by atoms with van der Waals surface area (Å²) in [6, 6.07) is 76.0. The number of hydrogen-bond donors (Lipinski definition) is 2. The fourth-order valence-corrected chi connectivity index (χ4v) is 10.2. The molecule has 2 N–H and O–H groups in total. The number of phenolic OH excluding ortho intramolecular Hbond substituents is 2. The fourth-order valence-electron chi connectivity index (χ4n) is 10.0. The van der Waals surface area contributed by atoms with Crippen LogP contribution in [0.3, 0.4) is 0 Å². The van der Waals surface area contributed by atoms with Gasteiger partial charge < -0.3 is 57.6 Å². The molecule has 0 heterocycles. The molecular weight excluding hydrogens is 1540 g/mol. The molecule has 11 rings (SSSR count). The fraction of sp³-hybridized carbons (Fsp3) is 0.111. The minimum absolute atomic E-state index is 0.0189. The highest BCUT2D eigenvalue weighted by molar-refractivity contribution is 6.67. The second-order valence-electron chi connectivity index (χ2n) is 25.1. The van der Waals surface area contributed by atoms with Gasteiger partial charge >= 0.3 is 41.8 Å². The van der Waals surface area contributed by atoms with Gasteiger partial charge in [0.2, 0.25) is 0 Å². The summed E-state index contributed by atoms with van der Waals surface area (Å²) >= 11 is 5.31. The number of rotatable bonds is 29. The summed E-state index contributed by atoms with van der Waals surface area (Å²) in [7, 11) is 0. The Morgan fingerprint density at radius 3 is 0.975 bits per heavy atom. The second-order valence-corrected chi connectivity index (χ2v) is 25.5. The van der Waals surface area contributed by atoms with Gasteiger partial charge in [-0.15, -0.1) is 0 Å². The molecule has 20 nitrogen and oxygen atoms in total. The summed E-state index contributed by atoms with van der Waals surface area (Å²) in [5.41, 5.74) is 8.93. The molecule has 0 atom stereocenters. The topological polar surface area (TPSA) is 269 Å². The molecule has 0 amide bonds. The molecule has 0 fully saturated rings. The molecule has 0 aliphatic heterocycles. The molecule has 0 bridgehead atoms. The Bertz CT molecular complexity index is 5640. The highest BCUT2D eigenvalue weighted by Crippen LogP contribution is 2.29. The number of phenols is 2. The van der Waals surface area contributed by atoms with Crippen LogP contribution in [0, 0.1) is 47.4 Å². The molecule has 0 aromatic heterocycles. The van der Waals surface area contributed by atoms with E-state index in [9.17, 15) is 48.6 Å². The van der Waals surface area contributed by atoms with Crippen molar-refractivity contribution in [3.05, 3.63) is 388 Å². The van der Waals surface area contributed by atoms with E-state index in [-0.39, 0.29) is 91.5 Å². The number of carbonyl (C=O) groups is 8. The molecule has 11 aromatic carbocycles. The Hall–Kier alpha value is -15.9. The zero-order valence-corrected chi connectivity index (χ0v) is 65.4. The Morgan fingerprint density at radius 2 is 0.625 bits per heavy atom. The minimum Gasteiger partial charge on any atom is -0.508 e. The zero-order valence-electron chi connectivity index (χ0n) is 64.7. The van der Waals surface area contributed by atoms with Gasteiger partial charge in [0.15, 0.2) is 0 Å². The van der Waals surface area contributed by atoms with Gasteiger partial charge in [0.1, 0.15) is 64.6 Å². The molecule has 600 valence electrons. The molecule has 21 heteroatoms. The third-order valence-electron chi connectivity index (χ3n) is 16.3. The van der Waals surface area contributed by atoms with Crippen molar-refractivity contribution in [3.8, 4) is 87.6 Å². The number of aromatic hydroxyl groups is 2. The molecule has 0 unspecified atom stereocenters.